The van der Waals surface area contributed by atoms with Gasteiger partial charge in [0.05, 0.1) is 13.2 Å². The number of rotatable bonds is 6. The molecule has 0 amide bonds. The van der Waals surface area contributed by atoms with E-state index in [0.29, 0.717) is 12.6 Å². The maximum absolute atomic E-state index is 5.51. The average molecular weight is 263 g/mol. The maximum Gasteiger partial charge on any atom is 0.0672 e. The lowest BCUT2D eigenvalue weighted by Gasteiger charge is -2.26. The van der Waals surface area contributed by atoms with E-state index in [0.717, 1.165) is 18.7 Å². The monoisotopic (exact) mass is 263 g/mol. The van der Waals surface area contributed by atoms with E-state index in [-0.39, 0.29) is 0 Å². The van der Waals surface area contributed by atoms with E-state index in [9.17, 15) is 0 Å². The third-order valence-electron chi connectivity index (χ3n) is 2.94. The van der Waals surface area contributed by atoms with Crippen LogP contribution < -0.4 is 5.32 Å². The molecule has 0 spiro atoms. The van der Waals surface area contributed by atoms with Crippen molar-refractivity contribution < 1.29 is 4.74 Å². The molecule has 0 bridgehead atoms. The summed E-state index contributed by atoms with van der Waals surface area (Å²) in [6.07, 6.45) is 1.20. The third-order valence-corrected chi connectivity index (χ3v) is 4.07. The lowest BCUT2D eigenvalue weighted by molar-refractivity contribution is 0.155. The highest BCUT2D eigenvalue weighted by atomic mass is 32.2. The van der Waals surface area contributed by atoms with Crippen molar-refractivity contribution in [1.82, 2.24) is 5.32 Å². The molecule has 1 heterocycles. The molecule has 3 heteroatoms. The van der Waals surface area contributed by atoms with Crippen molar-refractivity contribution in [1.29, 1.82) is 0 Å². The van der Waals surface area contributed by atoms with Gasteiger partial charge in [0, 0.05) is 17.5 Å². The van der Waals surface area contributed by atoms with Crippen LogP contribution in [0.25, 0.3) is 0 Å². The summed E-state index contributed by atoms with van der Waals surface area (Å²) in [6.45, 7) is 8.13. The highest BCUT2D eigenvalue weighted by Gasteiger charge is 2.19. The molecule has 2 nitrogen and oxygen atoms in total. The molecule has 0 fully saturated rings. The topological polar surface area (TPSA) is 21.3 Å². The lowest BCUT2D eigenvalue weighted by atomic mass is 10.0. The fourth-order valence-electron chi connectivity index (χ4n) is 2.11. The number of ether oxygens (including phenoxy) is 1. The van der Waals surface area contributed by atoms with Crippen LogP contribution in [0.2, 0.25) is 0 Å². The quantitative estimate of drug-likeness (QED) is 0.628. The zero-order chi connectivity index (χ0) is 12.8. The van der Waals surface area contributed by atoms with Crippen molar-refractivity contribution in [3.05, 3.63) is 42.0 Å². The minimum Gasteiger partial charge on any atom is -0.376 e. The predicted molar refractivity (Wildman–Crippen MR) is 78.2 cm³/mol. The Kier molecular flexibility index (Phi) is 5.29. The zero-order valence-electron chi connectivity index (χ0n) is 10.9. The van der Waals surface area contributed by atoms with Crippen LogP contribution in [0.3, 0.4) is 0 Å². The van der Waals surface area contributed by atoms with E-state index in [1.165, 1.54) is 22.6 Å². The van der Waals surface area contributed by atoms with Crippen LogP contribution in [-0.2, 0) is 4.74 Å². The number of thioether (sulfide) groups is 1. The summed E-state index contributed by atoms with van der Waals surface area (Å²) in [5, 5.41) is 3.58. The van der Waals surface area contributed by atoms with Gasteiger partial charge < -0.3 is 10.1 Å². The Labute approximate surface area is 114 Å². The third kappa shape index (κ3) is 3.87. The summed E-state index contributed by atoms with van der Waals surface area (Å²) in [6, 6.07) is 9.16. The maximum atomic E-state index is 5.51. The Morgan fingerprint density at radius 3 is 3.17 bits per heavy atom. The van der Waals surface area contributed by atoms with Gasteiger partial charge in [0.25, 0.3) is 0 Å². The molecule has 1 atom stereocenters. The second kappa shape index (κ2) is 6.98. The van der Waals surface area contributed by atoms with Crippen LogP contribution in [0.5, 0.6) is 0 Å². The van der Waals surface area contributed by atoms with E-state index in [2.05, 4.69) is 36.2 Å². The van der Waals surface area contributed by atoms with Gasteiger partial charge in [-0.05, 0) is 30.7 Å². The van der Waals surface area contributed by atoms with Crippen LogP contribution >= 0.6 is 11.8 Å². The summed E-state index contributed by atoms with van der Waals surface area (Å²) in [4.78, 5) is 1.42. The highest BCUT2D eigenvalue weighted by Crippen LogP contribution is 2.35. The molecule has 1 unspecified atom stereocenters. The first kappa shape index (κ1) is 13.7. The number of hydrogen-bond donors (Lipinski definition) is 1. The minimum absolute atomic E-state index is 0.482. The molecule has 1 N–H and O–H groups in total. The van der Waals surface area contributed by atoms with Crippen LogP contribution in [0.4, 0.5) is 0 Å². The average Bonchev–Trinajstić information content (AvgIpc) is 2.38. The molecule has 0 saturated heterocycles. The van der Waals surface area contributed by atoms with Crippen molar-refractivity contribution in [3.8, 4) is 0 Å². The van der Waals surface area contributed by atoms with Crippen LogP contribution in [-0.4, -0.2) is 25.5 Å². The molecule has 1 aromatic carbocycles. The molecule has 0 aromatic heterocycles. The van der Waals surface area contributed by atoms with Crippen molar-refractivity contribution in [2.75, 3.05) is 25.5 Å². The molecule has 1 aromatic rings. The standard InChI is InChI=1S/C15H21NOS/c1-12(2)11-17-9-8-16-14-7-10-18-15-6-4-3-5-13(14)15/h3-6,14,16H,1,7-11H2,2H3. The summed E-state index contributed by atoms with van der Waals surface area (Å²) < 4.78 is 5.51. The first-order valence-corrected chi connectivity index (χ1v) is 7.43. The van der Waals surface area contributed by atoms with E-state index in [4.69, 9.17) is 4.74 Å². The van der Waals surface area contributed by atoms with Gasteiger partial charge in [0.1, 0.15) is 0 Å². The summed E-state index contributed by atoms with van der Waals surface area (Å²) in [5.41, 5.74) is 2.52. The zero-order valence-corrected chi connectivity index (χ0v) is 11.8. The van der Waals surface area contributed by atoms with E-state index in [1.807, 2.05) is 18.7 Å². The van der Waals surface area contributed by atoms with Crippen LogP contribution in [0.1, 0.15) is 24.9 Å². The second-order valence-corrected chi connectivity index (χ2v) is 5.83. The molecule has 98 valence electrons. The Bertz CT molecular complexity index is 405. The SMILES string of the molecule is C=C(C)COCCNC1CCSc2ccccc21. The Morgan fingerprint density at radius 1 is 1.50 bits per heavy atom. The van der Waals surface area contributed by atoms with E-state index < -0.39 is 0 Å². The van der Waals surface area contributed by atoms with Crippen molar-refractivity contribution in [3.63, 3.8) is 0 Å². The van der Waals surface area contributed by atoms with Crippen LogP contribution in [0, 0.1) is 0 Å². The number of benzene rings is 1. The van der Waals surface area contributed by atoms with Crippen molar-refractivity contribution in [2.45, 2.75) is 24.3 Å². The fraction of sp³-hybridized carbons (Fsp3) is 0.467. The number of nitrogens with one attached hydrogen (secondary N) is 1. The molecule has 2 rings (SSSR count). The van der Waals surface area contributed by atoms with Gasteiger partial charge in [-0.3, -0.25) is 0 Å². The Hall–Kier alpha value is -0.770. The van der Waals surface area contributed by atoms with Crippen molar-refractivity contribution in [2.24, 2.45) is 0 Å². The van der Waals surface area contributed by atoms with Gasteiger partial charge in [0.2, 0.25) is 0 Å². The van der Waals surface area contributed by atoms with Gasteiger partial charge >= 0.3 is 0 Å². The molecular formula is C15H21NOS. The molecule has 18 heavy (non-hydrogen) atoms. The second-order valence-electron chi connectivity index (χ2n) is 4.69. The normalized spacial score (nSPS) is 18.4. The lowest BCUT2D eigenvalue weighted by Crippen LogP contribution is -2.28. The largest absolute Gasteiger partial charge is 0.376 e. The molecule has 0 radical (unpaired) electrons. The molecule has 1 aliphatic heterocycles. The first-order chi connectivity index (χ1) is 8.77. The highest BCUT2D eigenvalue weighted by molar-refractivity contribution is 7.99. The molecule has 1 aliphatic rings. The van der Waals surface area contributed by atoms with Gasteiger partial charge in [-0.2, -0.15) is 0 Å². The number of hydrogen-bond acceptors (Lipinski definition) is 3. The smallest absolute Gasteiger partial charge is 0.0672 e. The van der Waals surface area contributed by atoms with Gasteiger partial charge in [0.15, 0.2) is 0 Å². The first-order valence-electron chi connectivity index (χ1n) is 6.44. The van der Waals surface area contributed by atoms with Crippen LogP contribution in [0.15, 0.2) is 41.3 Å². The van der Waals surface area contributed by atoms with E-state index in [1.54, 1.807) is 0 Å². The summed E-state index contributed by atoms with van der Waals surface area (Å²) in [5.74, 6) is 1.20. The van der Waals surface area contributed by atoms with Gasteiger partial charge in [-0.15, -0.1) is 11.8 Å². The summed E-state index contributed by atoms with van der Waals surface area (Å²) in [7, 11) is 0. The Morgan fingerprint density at radius 2 is 2.33 bits per heavy atom. The molecule has 0 aliphatic carbocycles. The van der Waals surface area contributed by atoms with Gasteiger partial charge in [-0.25, -0.2) is 0 Å². The Balaban J connectivity index is 1.79. The predicted octanol–water partition coefficient (Wildman–Crippen LogP) is 3.41. The molecule has 0 saturated carbocycles. The fourth-order valence-corrected chi connectivity index (χ4v) is 3.23. The van der Waals surface area contributed by atoms with Gasteiger partial charge in [-0.1, -0.05) is 30.4 Å². The summed E-state index contributed by atoms with van der Waals surface area (Å²) >= 11 is 1.96. The van der Waals surface area contributed by atoms with Crippen molar-refractivity contribution >= 4 is 11.8 Å². The molecular weight excluding hydrogens is 242 g/mol. The minimum atomic E-state index is 0.482. The van der Waals surface area contributed by atoms with E-state index >= 15 is 0 Å². The number of fused-ring (bicyclic) bond motifs is 1.